The van der Waals surface area contributed by atoms with Crippen molar-refractivity contribution in [1.29, 1.82) is 0 Å². The third-order valence-electron chi connectivity index (χ3n) is 4.85. The van der Waals surface area contributed by atoms with Gasteiger partial charge in [0.15, 0.2) is 0 Å². The second-order valence-electron chi connectivity index (χ2n) is 6.74. The van der Waals surface area contributed by atoms with Crippen LogP contribution in [0.5, 0.6) is 0 Å². The number of benzene rings is 2. The van der Waals surface area contributed by atoms with Crippen LogP contribution in [0.4, 0.5) is 5.69 Å². The molecule has 0 saturated heterocycles. The van der Waals surface area contributed by atoms with Gasteiger partial charge in [0, 0.05) is 16.1 Å². The van der Waals surface area contributed by atoms with E-state index in [0.717, 1.165) is 36.1 Å². The SMILES string of the molecule is Cc1ccc(NC(=O)c2c3c(nc4ccc(Cl)cc24)CCC3)c(C(=O)O)c1. The van der Waals surface area contributed by atoms with Gasteiger partial charge in [-0.1, -0.05) is 23.2 Å². The topological polar surface area (TPSA) is 79.3 Å². The molecule has 0 bridgehead atoms. The molecule has 0 saturated carbocycles. The Bertz CT molecular complexity index is 1110. The number of amides is 1. The number of hydrogen-bond donors (Lipinski definition) is 2. The number of nitrogens with one attached hydrogen (secondary N) is 1. The largest absolute Gasteiger partial charge is 0.478 e. The summed E-state index contributed by atoms with van der Waals surface area (Å²) < 4.78 is 0. The fourth-order valence-corrected chi connectivity index (χ4v) is 3.79. The Balaban J connectivity index is 1.85. The van der Waals surface area contributed by atoms with Crippen LogP contribution >= 0.6 is 11.6 Å². The Hall–Kier alpha value is -2.92. The number of fused-ring (bicyclic) bond motifs is 2. The molecule has 5 nitrogen and oxygen atoms in total. The van der Waals surface area contributed by atoms with Crippen molar-refractivity contribution < 1.29 is 14.7 Å². The zero-order valence-corrected chi connectivity index (χ0v) is 15.4. The van der Waals surface area contributed by atoms with Crippen molar-refractivity contribution in [2.45, 2.75) is 26.2 Å². The third-order valence-corrected chi connectivity index (χ3v) is 5.09. The molecule has 1 aromatic heterocycles. The second kappa shape index (κ2) is 6.67. The maximum atomic E-state index is 13.2. The highest BCUT2D eigenvalue weighted by Gasteiger charge is 2.25. The van der Waals surface area contributed by atoms with Crippen LogP contribution in [-0.2, 0) is 12.8 Å². The minimum Gasteiger partial charge on any atom is -0.478 e. The van der Waals surface area contributed by atoms with Gasteiger partial charge in [0.1, 0.15) is 0 Å². The van der Waals surface area contributed by atoms with Gasteiger partial charge in [-0.2, -0.15) is 0 Å². The second-order valence-corrected chi connectivity index (χ2v) is 7.17. The molecule has 1 aliphatic carbocycles. The fraction of sp³-hybridized carbons (Fsp3) is 0.190. The van der Waals surface area contributed by atoms with Gasteiger partial charge in [-0.05, 0) is 62.1 Å². The van der Waals surface area contributed by atoms with Gasteiger partial charge < -0.3 is 10.4 Å². The number of carboxylic acid groups (broad SMARTS) is 1. The standard InChI is InChI=1S/C21H17ClN2O3/c1-11-5-7-18(15(9-11)21(26)27)24-20(25)19-13-3-2-4-16(13)23-17-8-6-12(22)10-14(17)19/h5-10H,2-4H2,1H3,(H,24,25)(H,26,27). The molecule has 1 heterocycles. The van der Waals surface area contributed by atoms with E-state index in [2.05, 4.69) is 10.3 Å². The zero-order chi connectivity index (χ0) is 19.1. The van der Waals surface area contributed by atoms with Gasteiger partial charge >= 0.3 is 5.97 Å². The predicted octanol–water partition coefficient (Wildman–Crippen LogP) is 4.64. The molecule has 1 aliphatic rings. The van der Waals surface area contributed by atoms with E-state index in [9.17, 15) is 14.7 Å². The highest BCUT2D eigenvalue weighted by molar-refractivity contribution is 6.31. The van der Waals surface area contributed by atoms with Gasteiger partial charge in [0.25, 0.3) is 5.91 Å². The quantitative estimate of drug-likeness (QED) is 0.694. The van der Waals surface area contributed by atoms with Gasteiger partial charge in [0.2, 0.25) is 0 Å². The van der Waals surface area contributed by atoms with Crippen LogP contribution in [0.2, 0.25) is 5.02 Å². The first-order valence-electron chi connectivity index (χ1n) is 8.70. The van der Waals surface area contributed by atoms with E-state index in [0.29, 0.717) is 21.5 Å². The fourth-order valence-electron chi connectivity index (χ4n) is 3.62. The summed E-state index contributed by atoms with van der Waals surface area (Å²) >= 11 is 6.15. The van der Waals surface area contributed by atoms with Gasteiger partial charge in [-0.15, -0.1) is 0 Å². The van der Waals surface area contributed by atoms with Crippen LogP contribution in [-0.4, -0.2) is 22.0 Å². The molecular weight excluding hydrogens is 364 g/mol. The summed E-state index contributed by atoms with van der Waals surface area (Å²) in [6, 6.07) is 10.2. The third kappa shape index (κ3) is 3.15. The van der Waals surface area contributed by atoms with E-state index in [4.69, 9.17) is 11.6 Å². The lowest BCUT2D eigenvalue weighted by Crippen LogP contribution is -2.18. The molecule has 0 unspecified atom stereocenters. The Morgan fingerprint density at radius 1 is 1.15 bits per heavy atom. The molecule has 0 radical (unpaired) electrons. The van der Waals surface area contributed by atoms with E-state index in [-0.39, 0.29) is 17.2 Å². The zero-order valence-electron chi connectivity index (χ0n) is 14.7. The Kier molecular flexibility index (Phi) is 4.32. The number of anilines is 1. The van der Waals surface area contributed by atoms with E-state index >= 15 is 0 Å². The Morgan fingerprint density at radius 3 is 2.74 bits per heavy atom. The van der Waals surface area contributed by atoms with Crippen molar-refractivity contribution in [3.63, 3.8) is 0 Å². The van der Waals surface area contributed by atoms with E-state index in [1.165, 1.54) is 0 Å². The molecule has 2 aromatic carbocycles. The first-order valence-corrected chi connectivity index (χ1v) is 9.08. The van der Waals surface area contributed by atoms with Crippen LogP contribution in [0, 0.1) is 6.92 Å². The van der Waals surface area contributed by atoms with Crippen molar-refractivity contribution in [2.75, 3.05) is 5.32 Å². The first-order chi connectivity index (χ1) is 12.9. The van der Waals surface area contributed by atoms with Crippen molar-refractivity contribution in [1.82, 2.24) is 4.98 Å². The van der Waals surface area contributed by atoms with Crippen LogP contribution in [0.1, 0.15) is 44.0 Å². The number of aromatic carboxylic acids is 1. The average molecular weight is 381 g/mol. The molecule has 1 amide bonds. The minimum absolute atomic E-state index is 0.0661. The maximum absolute atomic E-state index is 13.2. The summed E-state index contributed by atoms with van der Waals surface area (Å²) in [7, 11) is 0. The van der Waals surface area contributed by atoms with Crippen molar-refractivity contribution >= 4 is 40.1 Å². The number of rotatable bonds is 3. The molecule has 136 valence electrons. The summed E-state index contributed by atoms with van der Waals surface area (Å²) in [5.74, 6) is -1.42. The molecule has 0 spiro atoms. The van der Waals surface area contributed by atoms with Gasteiger partial charge in [-0.25, -0.2) is 4.79 Å². The summed E-state index contributed by atoms with van der Waals surface area (Å²) in [5.41, 5.74) is 4.25. The highest BCUT2D eigenvalue weighted by atomic mass is 35.5. The van der Waals surface area contributed by atoms with E-state index < -0.39 is 5.97 Å². The smallest absolute Gasteiger partial charge is 0.337 e. The lowest BCUT2D eigenvalue weighted by molar-refractivity contribution is 0.0698. The van der Waals surface area contributed by atoms with Gasteiger partial charge in [0.05, 0.1) is 22.3 Å². The average Bonchev–Trinajstić information content (AvgIpc) is 3.08. The summed E-state index contributed by atoms with van der Waals surface area (Å²) in [6.45, 7) is 1.81. The Labute approximate surface area is 161 Å². The van der Waals surface area contributed by atoms with Crippen molar-refractivity contribution in [3.8, 4) is 0 Å². The number of carboxylic acids is 1. The first kappa shape index (κ1) is 17.5. The molecular formula is C21H17ClN2O3. The van der Waals surface area contributed by atoms with Crippen LogP contribution < -0.4 is 5.32 Å². The van der Waals surface area contributed by atoms with Crippen molar-refractivity contribution in [2.24, 2.45) is 0 Å². The lowest BCUT2D eigenvalue weighted by atomic mass is 10.00. The summed E-state index contributed by atoms with van der Waals surface area (Å²) in [6.07, 6.45) is 2.55. The summed E-state index contributed by atoms with van der Waals surface area (Å²) in [5, 5.41) is 13.5. The monoisotopic (exact) mass is 380 g/mol. The minimum atomic E-state index is -1.08. The molecule has 4 rings (SSSR count). The number of aryl methyl sites for hydroxylation is 2. The number of aromatic nitrogens is 1. The normalized spacial score (nSPS) is 12.8. The number of carbonyl (C=O) groups is 2. The molecule has 2 N–H and O–H groups in total. The number of nitrogens with zero attached hydrogens (tertiary/aromatic N) is 1. The molecule has 27 heavy (non-hydrogen) atoms. The van der Waals surface area contributed by atoms with Crippen LogP contribution in [0.25, 0.3) is 10.9 Å². The number of carbonyl (C=O) groups excluding carboxylic acids is 1. The molecule has 0 atom stereocenters. The predicted molar refractivity (Wildman–Crippen MR) is 105 cm³/mol. The van der Waals surface area contributed by atoms with E-state index in [1.807, 2.05) is 13.0 Å². The van der Waals surface area contributed by atoms with Gasteiger partial charge in [-0.3, -0.25) is 9.78 Å². The molecule has 0 aliphatic heterocycles. The van der Waals surface area contributed by atoms with E-state index in [1.54, 1.807) is 30.3 Å². The lowest BCUT2D eigenvalue weighted by Gasteiger charge is -2.14. The molecule has 3 aromatic rings. The number of hydrogen-bond acceptors (Lipinski definition) is 3. The van der Waals surface area contributed by atoms with Crippen LogP contribution in [0.15, 0.2) is 36.4 Å². The summed E-state index contributed by atoms with van der Waals surface area (Å²) in [4.78, 5) is 29.4. The number of halogens is 1. The maximum Gasteiger partial charge on any atom is 0.337 e. The molecule has 0 fully saturated rings. The number of pyridine rings is 1. The van der Waals surface area contributed by atoms with Crippen molar-refractivity contribution in [3.05, 3.63) is 69.4 Å². The van der Waals surface area contributed by atoms with Crippen LogP contribution in [0.3, 0.4) is 0 Å². The highest BCUT2D eigenvalue weighted by Crippen LogP contribution is 2.32. The molecule has 6 heteroatoms. The Morgan fingerprint density at radius 2 is 1.96 bits per heavy atom.